The molecule has 2 nitrogen and oxygen atoms in total. The molecule has 0 heterocycles. The van der Waals surface area contributed by atoms with Crippen molar-refractivity contribution >= 4 is 0 Å². The maximum absolute atomic E-state index is 9.05. The molecule has 18 heavy (non-hydrogen) atoms. The van der Waals surface area contributed by atoms with Gasteiger partial charge < -0.3 is 9.59 Å². The predicted octanol–water partition coefficient (Wildman–Crippen LogP) is 3.97. The standard InChI is InChI=1S/C16H36NO/c1-5-6-7-8-9-10-11-12-13-16(2)17(3,4)14-15-18/h16,18H,5-15H2,1-4H3/q+1. The molecule has 0 aromatic heterocycles. The molecular weight excluding hydrogens is 222 g/mol. The molecular formula is C16H36NO+. The fourth-order valence-electron chi connectivity index (χ4n) is 2.40. The molecule has 0 amide bonds. The average Bonchev–Trinajstić information content (AvgIpc) is 2.32. The van der Waals surface area contributed by atoms with Gasteiger partial charge in [0.25, 0.3) is 0 Å². The Bertz CT molecular complexity index is 180. The van der Waals surface area contributed by atoms with Gasteiger partial charge in [0.2, 0.25) is 0 Å². The van der Waals surface area contributed by atoms with E-state index < -0.39 is 0 Å². The third-order valence-corrected chi connectivity index (χ3v) is 4.34. The number of likely N-dealkylation sites (N-methyl/N-ethyl adjacent to an activating group) is 1. The Kier molecular flexibility index (Phi) is 10.8. The zero-order chi connectivity index (χ0) is 13.9. The van der Waals surface area contributed by atoms with Crippen molar-refractivity contribution in [2.75, 3.05) is 27.2 Å². The van der Waals surface area contributed by atoms with Gasteiger partial charge in [0.05, 0.1) is 26.7 Å². The van der Waals surface area contributed by atoms with E-state index in [0.717, 1.165) is 11.0 Å². The number of rotatable bonds is 12. The molecule has 0 aliphatic heterocycles. The molecule has 0 aromatic rings. The van der Waals surface area contributed by atoms with Gasteiger partial charge in [-0.1, -0.05) is 51.9 Å². The van der Waals surface area contributed by atoms with Crippen LogP contribution in [-0.4, -0.2) is 42.9 Å². The van der Waals surface area contributed by atoms with Crippen LogP contribution in [0.2, 0.25) is 0 Å². The Hall–Kier alpha value is -0.0800. The molecule has 1 atom stereocenters. The van der Waals surface area contributed by atoms with Crippen LogP contribution < -0.4 is 0 Å². The summed E-state index contributed by atoms with van der Waals surface area (Å²) in [6.45, 7) is 5.76. The number of nitrogens with zero attached hydrogens (tertiary/aromatic N) is 1. The highest BCUT2D eigenvalue weighted by atomic mass is 16.3. The first-order valence-corrected chi connectivity index (χ1v) is 7.98. The SMILES string of the molecule is CCCCCCCCCCC(C)[N+](C)(C)CCO. The monoisotopic (exact) mass is 258 g/mol. The summed E-state index contributed by atoms with van der Waals surface area (Å²) >= 11 is 0. The molecule has 0 saturated heterocycles. The highest BCUT2D eigenvalue weighted by Gasteiger charge is 2.22. The van der Waals surface area contributed by atoms with Gasteiger partial charge >= 0.3 is 0 Å². The molecule has 1 N–H and O–H groups in total. The zero-order valence-corrected chi connectivity index (χ0v) is 13.2. The summed E-state index contributed by atoms with van der Waals surface area (Å²) in [5.41, 5.74) is 0. The number of hydrogen-bond acceptors (Lipinski definition) is 1. The molecule has 0 fully saturated rings. The minimum Gasteiger partial charge on any atom is -0.391 e. The fraction of sp³-hybridized carbons (Fsp3) is 1.00. The normalized spacial score (nSPS) is 13.8. The molecule has 0 bridgehead atoms. The minimum atomic E-state index is 0.300. The third-order valence-electron chi connectivity index (χ3n) is 4.34. The van der Waals surface area contributed by atoms with Crippen LogP contribution in [0, 0.1) is 0 Å². The van der Waals surface area contributed by atoms with Crippen LogP contribution in [0.1, 0.15) is 71.6 Å². The van der Waals surface area contributed by atoms with Gasteiger partial charge in [-0.05, 0) is 19.8 Å². The van der Waals surface area contributed by atoms with Gasteiger partial charge in [0.1, 0.15) is 6.54 Å². The average molecular weight is 258 g/mol. The van der Waals surface area contributed by atoms with Gasteiger partial charge in [-0.25, -0.2) is 0 Å². The van der Waals surface area contributed by atoms with Gasteiger partial charge in [0, 0.05) is 0 Å². The Morgan fingerprint density at radius 3 is 1.89 bits per heavy atom. The highest BCUT2D eigenvalue weighted by Crippen LogP contribution is 2.15. The highest BCUT2D eigenvalue weighted by molar-refractivity contribution is 4.53. The summed E-state index contributed by atoms with van der Waals surface area (Å²) < 4.78 is 0.951. The lowest BCUT2D eigenvalue weighted by Crippen LogP contribution is -2.48. The van der Waals surface area contributed by atoms with E-state index in [2.05, 4.69) is 27.9 Å². The lowest BCUT2D eigenvalue weighted by molar-refractivity contribution is -0.913. The molecule has 0 saturated carbocycles. The third kappa shape index (κ3) is 8.93. The Morgan fingerprint density at radius 2 is 1.39 bits per heavy atom. The first-order chi connectivity index (χ1) is 8.54. The molecule has 0 aliphatic rings. The number of aliphatic hydroxyl groups is 1. The summed E-state index contributed by atoms with van der Waals surface area (Å²) in [7, 11) is 4.46. The van der Waals surface area contributed by atoms with Crippen molar-refractivity contribution < 1.29 is 9.59 Å². The van der Waals surface area contributed by atoms with Crippen molar-refractivity contribution in [1.29, 1.82) is 0 Å². The van der Waals surface area contributed by atoms with Gasteiger partial charge in [0.15, 0.2) is 0 Å². The van der Waals surface area contributed by atoms with Crippen molar-refractivity contribution in [3.05, 3.63) is 0 Å². The van der Waals surface area contributed by atoms with Crippen LogP contribution in [0.3, 0.4) is 0 Å². The maximum Gasteiger partial charge on any atom is 0.102 e. The second-order valence-corrected chi connectivity index (χ2v) is 6.34. The maximum atomic E-state index is 9.05. The Labute approximate surface area is 115 Å². The summed E-state index contributed by atoms with van der Waals surface area (Å²) in [6, 6.07) is 0.664. The second kappa shape index (κ2) is 10.8. The topological polar surface area (TPSA) is 20.2 Å². The van der Waals surface area contributed by atoms with E-state index in [9.17, 15) is 0 Å². The van der Waals surface area contributed by atoms with Gasteiger partial charge in [-0.15, -0.1) is 0 Å². The lowest BCUT2D eigenvalue weighted by Gasteiger charge is -2.35. The van der Waals surface area contributed by atoms with Crippen LogP contribution in [0.4, 0.5) is 0 Å². The van der Waals surface area contributed by atoms with Crippen molar-refractivity contribution in [1.82, 2.24) is 0 Å². The lowest BCUT2D eigenvalue weighted by atomic mass is 10.0. The fourth-order valence-corrected chi connectivity index (χ4v) is 2.40. The smallest absolute Gasteiger partial charge is 0.102 e. The number of quaternary nitrogens is 1. The molecule has 2 heteroatoms. The number of aliphatic hydroxyl groups excluding tert-OH is 1. The van der Waals surface area contributed by atoms with Gasteiger partial charge in [-0.2, -0.15) is 0 Å². The van der Waals surface area contributed by atoms with Crippen LogP contribution >= 0.6 is 0 Å². The molecule has 1 unspecified atom stereocenters. The summed E-state index contributed by atoms with van der Waals surface area (Å²) in [5.74, 6) is 0. The van der Waals surface area contributed by atoms with E-state index in [1.807, 2.05) is 0 Å². The minimum absolute atomic E-state index is 0.300. The van der Waals surface area contributed by atoms with E-state index in [1.165, 1.54) is 57.8 Å². The number of unbranched alkanes of at least 4 members (excludes halogenated alkanes) is 7. The second-order valence-electron chi connectivity index (χ2n) is 6.34. The van der Waals surface area contributed by atoms with Crippen LogP contribution in [0.15, 0.2) is 0 Å². The van der Waals surface area contributed by atoms with E-state index in [1.54, 1.807) is 0 Å². The molecule has 0 aliphatic carbocycles. The Morgan fingerprint density at radius 1 is 0.889 bits per heavy atom. The van der Waals surface area contributed by atoms with Crippen LogP contribution in [-0.2, 0) is 0 Å². The summed E-state index contributed by atoms with van der Waals surface area (Å²) in [4.78, 5) is 0. The van der Waals surface area contributed by atoms with Crippen molar-refractivity contribution in [2.45, 2.75) is 77.7 Å². The molecule has 110 valence electrons. The van der Waals surface area contributed by atoms with Crippen LogP contribution in [0.25, 0.3) is 0 Å². The van der Waals surface area contributed by atoms with Crippen molar-refractivity contribution in [2.24, 2.45) is 0 Å². The molecule has 0 spiro atoms. The van der Waals surface area contributed by atoms with E-state index >= 15 is 0 Å². The first kappa shape index (κ1) is 17.9. The van der Waals surface area contributed by atoms with E-state index in [4.69, 9.17) is 5.11 Å². The first-order valence-electron chi connectivity index (χ1n) is 7.98. The summed E-state index contributed by atoms with van der Waals surface area (Å²) in [5, 5.41) is 9.05. The largest absolute Gasteiger partial charge is 0.391 e. The molecule has 0 aromatic carbocycles. The zero-order valence-electron chi connectivity index (χ0n) is 13.2. The van der Waals surface area contributed by atoms with Crippen molar-refractivity contribution in [3.8, 4) is 0 Å². The Balaban J connectivity index is 3.42. The molecule has 0 radical (unpaired) electrons. The van der Waals surface area contributed by atoms with Gasteiger partial charge in [-0.3, -0.25) is 0 Å². The summed E-state index contributed by atoms with van der Waals surface area (Å²) in [6.07, 6.45) is 12.5. The van der Waals surface area contributed by atoms with E-state index in [-0.39, 0.29) is 0 Å². The number of hydrogen-bond donors (Lipinski definition) is 1. The van der Waals surface area contributed by atoms with Crippen molar-refractivity contribution in [3.63, 3.8) is 0 Å². The quantitative estimate of drug-likeness (QED) is 0.415. The molecule has 0 rings (SSSR count). The van der Waals surface area contributed by atoms with Crippen LogP contribution in [0.5, 0.6) is 0 Å². The predicted molar refractivity (Wildman–Crippen MR) is 80.8 cm³/mol. The van der Waals surface area contributed by atoms with E-state index in [0.29, 0.717) is 12.6 Å².